The van der Waals surface area contributed by atoms with Crippen LogP contribution in [0.4, 0.5) is 46.5 Å². The number of hydrogen-bond acceptors (Lipinski definition) is 5. The van der Waals surface area contributed by atoms with Gasteiger partial charge in [0.25, 0.3) is 0 Å². The van der Waals surface area contributed by atoms with Crippen molar-refractivity contribution in [3.05, 3.63) is 146 Å². The van der Waals surface area contributed by atoms with Crippen LogP contribution in [0.5, 0.6) is 0 Å². The summed E-state index contributed by atoms with van der Waals surface area (Å²) in [5.41, 5.74) is 0. The zero-order valence-electron chi connectivity index (χ0n) is 30.6. The monoisotopic (exact) mass is 785 g/mol. The molecule has 12 aromatic rings. The normalized spacial score (nSPS) is 12.5. The van der Waals surface area contributed by atoms with E-state index in [1.165, 1.54) is 0 Å². The van der Waals surface area contributed by atoms with Crippen molar-refractivity contribution in [2.75, 3.05) is 21.3 Å². The van der Waals surface area contributed by atoms with E-state index < -0.39 is 0 Å². The first-order valence-corrected chi connectivity index (χ1v) is 19.6. The number of fused-ring (bicyclic) bond motifs is 24. The third-order valence-corrected chi connectivity index (χ3v) is 11.6. The molecule has 273 valence electrons. The van der Waals surface area contributed by atoms with Gasteiger partial charge in [0.2, 0.25) is 0 Å². The fourth-order valence-electron chi connectivity index (χ4n) is 8.81. The van der Waals surface area contributed by atoms with Gasteiger partial charge in [-0.15, -0.1) is 0 Å². The van der Waals surface area contributed by atoms with Crippen molar-refractivity contribution in [2.24, 2.45) is 0 Å². The van der Waals surface area contributed by atoms with Crippen molar-refractivity contribution in [2.45, 2.75) is 0 Å². The molecule has 0 amide bonds. The van der Waals surface area contributed by atoms with E-state index in [4.69, 9.17) is 13.6 Å². The van der Waals surface area contributed by atoms with E-state index in [1.807, 2.05) is 0 Å². The molecule has 0 unspecified atom stereocenters. The van der Waals surface area contributed by atoms with Crippen LogP contribution in [0.1, 0.15) is 0 Å². The number of aromatic nitrogens is 4. The molecule has 4 aromatic heterocycles. The quantitative estimate of drug-likeness (QED) is 0.0904. The molecule has 0 saturated carbocycles. The predicted octanol–water partition coefficient (Wildman–Crippen LogP) is 12.6. The summed E-state index contributed by atoms with van der Waals surface area (Å²) in [4.78, 5) is 18.1. The Hall–Kier alpha value is -7.46. The third-order valence-electron chi connectivity index (χ3n) is 11.6. The Labute approximate surface area is 339 Å². The number of anilines is 8. The average Bonchev–Trinajstić information content (AvgIpc) is 3.98. The second kappa shape index (κ2) is 12.5. The Morgan fingerprint density at radius 1 is 0.293 bits per heavy atom. The summed E-state index contributed by atoms with van der Waals surface area (Å²) < 4.78 is 8.19. The molecular formula is C48H30N8OV. The third kappa shape index (κ3) is 4.97. The SMILES string of the molecule is [O]=[V+2].c1ccc2cc3c4[n-]c(c3cc2c1)Nc1[nH]c(c2cc3ccccc3cc12)Nc1[n-]c(c2cc3ccccc3cc12)Nc1[nH]c(c2cc3ccccc3cc12)N4. The van der Waals surface area contributed by atoms with Crippen LogP contribution in [0.3, 0.4) is 0 Å². The second-order valence-corrected chi connectivity index (χ2v) is 14.8. The van der Waals surface area contributed by atoms with Gasteiger partial charge in [0.1, 0.15) is 0 Å². The summed E-state index contributed by atoms with van der Waals surface area (Å²) in [6.45, 7) is 0. The number of aromatic amines is 2. The molecule has 8 aromatic carbocycles. The van der Waals surface area contributed by atoms with E-state index in [9.17, 15) is 0 Å². The van der Waals surface area contributed by atoms with Gasteiger partial charge >= 0.3 is 21.0 Å². The Kier molecular flexibility index (Phi) is 7.07. The van der Waals surface area contributed by atoms with E-state index in [2.05, 4.69) is 177 Å². The van der Waals surface area contributed by atoms with Crippen LogP contribution in [0, 0.1) is 0 Å². The van der Waals surface area contributed by atoms with Crippen LogP contribution in [0.15, 0.2) is 146 Å². The van der Waals surface area contributed by atoms with Gasteiger partial charge in [-0.3, -0.25) is 0 Å². The van der Waals surface area contributed by atoms with Crippen molar-refractivity contribution < 1.29 is 21.0 Å². The number of benzene rings is 8. The number of hydrogen-bond donors (Lipinski definition) is 6. The minimum atomic E-state index is 0.758. The van der Waals surface area contributed by atoms with Crippen molar-refractivity contribution >= 4 is 133 Å². The summed E-state index contributed by atoms with van der Waals surface area (Å²) in [5, 5.41) is 32.6. The topological polar surface area (TPSA) is 125 Å². The Morgan fingerprint density at radius 2 is 0.483 bits per heavy atom. The summed E-state index contributed by atoms with van der Waals surface area (Å²) in [5.74, 6) is 6.41. The Balaban J connectivity index is 0.00000181. The van der Waals surface area contributed by atoms with Gasteiger partial charge in [0.05, 0.1) is 23.3 Å². The first-order valence-electron chi connectivity index (χ1n) is 19.0. The first kappa shape index (κ1) is 32.8. The fraction of sp³-hybridized carbons (Fsp3) is 0. The molecule has 0 fully saturated rings. The molecular weight excluding hydrogens is 756 g/mol. The van der Waals surface area contributed by atoms with Crippen LogP contribution in [0.25, 0.3) is 86.2 Å². The maximum absolute atomic E-state index is 8.19. The van der Waals surface area contributed by atoms with Crippen molar-refractivity contribution in [1.82, 2.24) is 19.9 Å². The summed E-state index contributed by atoms with van der Waals surface area (Å²) >= 11 is 1.06. The van der Waals surface area contributed by atoms with E-state index in [-0.39, 0.29) is 0 Å². The molecule has 0 spiro atoms. The van der Waals surface area contributed by atoms with Crippen molar-refractivity contribution in [1.29, 1.82) is 0 Å². The molecule has 0 saturated heterocycles. The maximum atomic E-state index is 8.19. The van der Waals surface area contributed by atoms with Gasteiger partial charge in [-0.2, -0.15) is 0 Å². The molecule has 6 N–H and O–H groups in total. The van der Waals surface area contributed by atoms with Gasteiger partial charge in [-0.25, -0.2) is 0 Å². The molecule has 8 bridgehead atoms. The second-order valence-electron chi connectivity index (χ2n) is 14.8. The largest absolute Gasteiger partial charge is 0.400 e. The molecule has 5 heterocycles. The molecule has 10 heteroatoms. The van der Waals surface area contributed by atoms with Gasteiger partial charge in [-0.1, -0.05) is 97.1 Å². The van der Waals surface area contributed by atoms with Crippen LogP contribution < -0.4 is 31.2 Å². The summed E-state index contributed by atoms with van der Waals surface area (Å²) in [7, 11) is 0. The Morgan fingerprint density at radius 3 is 0.690 bits per heavy atom. The zero-order chi connectivity index (χ0) is 38.5. The summed E-state index contributed by atoms with van der Waals surface area (Å²) in [6.07, 6.45) is 0. The van der Waals surface area contributed by atoms with E-state index in [1.54, 1.807) is 0 Å². The maximum Gasteiger partial charge on any atom is 0.0586 e. The van der Waals surface area contributed by atoms with Gasteiger partial charge in [-0.05, 0) is 113 Å². The smallest absolute Gasteiger partial charge is 0.0586 e. The van der Waals surface area contributed by atoms with Crippen molar-refractivity contribution in [3.8, 4) is 0 Å². The number of nitrogens with zero attached hydrogens (tertiary/aromatic N) is 2. The van der Waals surface area contributed by atoms with E-state index in [0.717, 1.165) is 150 Å². The van der Waals surface area contributed by atoms with Gasteiger partial charge < -0.3 is 41.2 Å². The molecule has 0 atom stereocenters. The summed E-state index contributed by atoms with van der Waals surface area (Å²) in [6, 6.07) is 51.8. The standard InChI is InChI=1S/C48H30N8.O.V/c1-2-10-26-18-34-33(17-25(26)9-1)41-49-42(34)54-44-37-21-29-13-5-6-14-30(29)22-38(37)46(51-44)56-48-40-24-32-16-8-7-15-31(32)23-39(40)47(52-48)55-45-36-20-28-12-4-3-11-27(28)19-35(36)43(50-45)53-41;;/h1-24,49,52-56H;;/q-2;;+2. The average molecular weight is 786 g/mol. The van der Waals surface area contributed by atoms with E-state index >= 15 is 0 Å². The van der Waals surface area contributed by atoms with Gasteiger partial charge in [0, 0.05) is 44.8 Å². The number of nitrogens with one attached hydrogen (secondary N) is 6. The zero-order valence-corrected chi connectivity index (χ0v) is 32.0. The molecule has 58 heavy (non-hydrogen) atoms. The fourth-order valence-corrected chi connectivity index (χ4v) is 8.81. The first-order chi connectivity index (χ1) is 28.7. The number of H-pyrrole nitrogens is 2. The molecule has 1 aliphatic heterocycles. The number of rotatable bonds is 0. The van der Waals surface area contributed by atoms with Crippen LogP contribution >= 0.6 is 0 Å². The van der Waals surface area contributed by atoms with Crippen LogP contribution in [-0.2, 0) is 21.0 Å². The molecule has 13 rings (SSSR count). The molecule has 0 radical (unpaired) electrons. The van der Waals surface area contributed by atoms with Crippen molar-refractivity contribution in [3.63, 3.8) is 0 Å². The predicted molar refractivity (Wildman–Crippen MR) is 235 cm³/mol. The van der Waals surface area contributed by atoms with Crippen LogP contribution in [0.2, 0.25) is 0 Å². The molecule has 0 aliphatic carbocycles. The van der Waals surface area contributed by atoms with Gasteiger partial charge in [0.15, 0.2) is 0 Å². The minimum Gasteiger partial charge on any atom is -0.400 e. The van der Waals surface area contributed by atoms with E-state index in [0.29, 0.717) is 0 Å². The minimum absolute atomic E-state index is 0.758. The molecule has 9 nitrogen and oxygen atoms in total. The molecule has 1 aliphatic rings. The Bertz CT molecular complexity index is 2950. The van der Waals surface area contributed by atoms with Crippen LogP contribution in [-0.4, -0.2) is 9.97 Å².